The Labute approximate surface area is 176 Å². The average Bonchev–Trinajstić information content (AvgIpc) is 2.68. The smallest absolute Gasteiger partial charge is 0.0386 e. The Morgan fingerprint density at radius 2 is 1.75 bits per heavy atom. The number of halogens is 1. The predicted molar refractivity (Wildman–Crippen MR) is 123 cm³/mol. The molecule has 2 heterocycles. The lowest BCUT2D eigenvalue weighted by molar-refractivity contribution is 0.313. The van der Waals surface area contributed by atoms with Gasteiger partial charge in [0.2, 0.25) is 0 Å². The maximum atomic E-state index is 3.64. The standard InChI is InChI=1S/C23H29BrN4/c1-23(2)22-9-4-18(24)14-21(22)17(16-26-23)15-25-19-5-7-20(8-6-19)28-12-10-27(3)11-13-28/h4-9,14-15,25-26H,10-13,16H2,1-3H3. The van der Waals surface area contributed by atoms with Gasteiger partial charge in [-0.3, -0.25) is 0 Å². The van der Waals surface area contributed by atoms with E-state index in [1.807, 2.05) is 0 Å². The first-order chi connectivity index (χ1) is 13.4. The highest BCUT2D eigenvalue weighted by molar-refractivity contribution is 9.10. The summed E-state index contributed by atoms with van der Waals surface area (Å²) in [5, 5.41) is 7.14. The molecule has 2 aromatic rings. The van der Waals surface area contributed by atoms with Crippen LogP contribution in [0.15, 0.2) is 53.1 Å². The van der Waals surface area contributed by atoms with Crippen LogP contribution in [0.4, 0.5) is 11.4 Å². The van der Waals surface area contributed by atoms with Gasteiger partial charge in [0.1, 0.15) is 0 Å². The largest absolute Gasteiger partial charge is 0.369 e. The second-order valence-corrected chi connectivity index (χ2v) is 9.24. The molecule has 148 valence electrons. The minimum Gasteiger partial charge on any atom is -0.369 e. The summed E-state index contributed by atoms with van der Waals surface area (Å²) in [7, 11) is 2.19. The van der Waals surface area contributed by atoms with Gasteiger partial charge in [0, 0.05) is 60.3 Å². The van der Waals surface area contributed by atoms with Crippen LogP contribution in [0.5, 0.6) is 0 Å². The Bertz CT molecular complexity index is 865. The van der Waals surface area contributed by atoms with Crippen molar-refractivity contribution >= 4 is 32.9 Å². The molecule has 1 saturated heterocycles. The van der Waals surface area contributed by atoms with Gasteiger partial charge in [-0.05, 0) is 74.0 Å². The molecule has 0 atom stereocenters. The van der Waals surface area contributed by atoms with E-state index in [0.29, 0.717) is 0 Å². The fraction of sp³-hybridized carbons (Fsp3) is 0.391. The quantitative estimate of drug-likeness (QED) is 0.735. The number of piperazine rings is 1. The second-order valence-electron chi connectivity index (χ2n) is 8.32. The first-order valence-electron chi connectivity index (χ1n) is 9.97. The summed E-state index contributed by atoms with van der Waals surface area (Å²) in [6, 6.07) is 15.3. The lowest BCUT2D eigenvalue weighted by Crippen LogP contribution is -2.44. The molecule has 2 aromatic carbocycles. The Morgan fingerprint density at radius 1 is 1.04 bits per heavy atom. The van der Waals surface area contributed by atoms with E-state index >= 15 is 0 Å². The molecule has 0 spiro atoms. The van der Waals surface area contributed by atoms with Gasteiger partial charge >= 0.3 is 0 Å². The molecule has 2 aliphatic rings. The fourth-order valence-electron chi connectivity index (χ4n) is 3.97. The third-order valence-corrected chi connectivity index (χ3v) is 6.36. The van der Waals surface area contributed by atoms with Gasteiger partial charge in [0.15, 0.2) is 0 Å². The van der Waals surface area contributed by atoms with Crippen molar-refractivity contribution < 1.29 is 0 Å². The van der Waals surface area contributed by atoms with E-state index in [2.05, 4.69) is 106 Å². The monoisotopic (exact) mass is 440 g/mol. The van der Waals surface area contributed by atoms with Crippen LogP contribution in [0.3, 0.4) is 0 Å². The van der Waals surface area contributed by atoms with E-state index in [4.69, 9.17) is 0 Å². The molecule has 2 N–H and O–H groups in total. The highest BCUT2D eigenvalue weighted by Crippen LogP contribution is 2.35. The summed E-state index contributed by atoms with van der Waals surface area (Å²) in [4.78, 5) is 4.84. The van der Waals surface area contributed by atoms with E-state index in [1.165, 1.54) is 22.4 Å². The van der Waals surface area contributed by atoms with E-state index in [9.17, 15) is 0 Å². The Hall–Kier alpha value is -1.82. The van der Waals surface area contributed by atoms with Crippen LogP contribution in [0.1, 0.15) is 25.0 Å². The van der Waals surface area contributed by atoms with Crippen LogP contribution in [-0.2, 0) is 5.54 Å². The molecule has 2 aliphatic heterocycles. The lowest BCUT2D eigenvalue weighted by atomic mass is 9.83. The van der Waals surface area contributed by atoms with Crippen molar-refractivity contribution in [2.24, 2.45) is 0 Å². The molecule has 0 unspecified atom stereocenters. The van der Waals surface area contributed by atoms with Gasteiger partial charge in [0.25, 0.3) is 0 Å². The number of nitrogens with one attached hydrogen (secondary N) is 2. The highest BCUT2D eigenvalue weighted by Gasteiger charge is 2.29. The molecule has 28 heavy (non-hydrogen) atoms. The number of nitrogens with zero attached hydrogens (tertiary/aromatic N) is 2. The molecular formula is C23H29BrN4. The first-order valence-corrected chi connectivity index (χ1v) is 10.8. The lowest BCUT2D eigenvalue weighted by Gasteiger charge is -2.35. The number of anilines is 2. The summed E-state index contributed by atoms with van der Waals surface area (Å²) in [5.41, 5.74) is 6.32. The Balaban J connectivity index is 1.49. The molecule has 5 heteroatoms. The maximum absolute atomic E-state index is 3.64. The van der Waals surface area contributed by atoms with E-state index in [-0.39, 0.29) is 5.54 Å². The van der Waals surface area contributed by atoms with Gasteiger partial charge < -0.3 is 20.4 Å². The van der Waals surface area contributed by atoms with Crippen LogP contribution in [0.2, 0.25) is 0 Å². The van der Waals surface area contributed by atoms with Crippen molar-refractivity contribution in [2.75, 3.05) is 50.0 Å². The van der Waals surface area contributed by atoms with Gasteiger partial charge in [0.05, 0.1) is 0 Å². The van der Waals surface area contributed by atoms with E-state index in [1.54, 1.807) is 0 Å². The zero-order valence-corrected chi connectivity index (χ0v) is 18.5. The number of benzene rings is 2. The fourth-order valence-corrected chi connectivity index (χ4v) is 4.33. The van der Waals surface area contributed by atoms with Gasteiger partial charge in [-0.1, -0.05) is 22.0 Å². The van der Waals surface area contributed by atoms with Crippen molar-refractivity contribution in [3.05, 3.63) is 64.3 Å². The van der Waals surface area contributed by atoms with Crippen molar-refractivity contribution in [1.29, 1.82) is 0 Å². The van der Waals surface area contributed by atoms with Gasteiger partial charge in [-0.15, -0.1) is 0 Å². The van der Waals surface area contributed by atoms with Crippen LogP contribution >= 0.6 is 15.9 Å². The zero-order valence-electron chi connectivity index (χ0n) is 16.9. The first kappa shape index (κ1) is 19.5. The zero-order chi connectivity index (χ0) is 19.7. The molecule has 4 rings (SSSR count). The van der Waals surface area contributed by atoms with E-state index < -0.39 is 0 Å². The van der Waals surface area contributed by atoms with E-state index in [0.717, 1.165) is 42.9 Å². The predicted octanol–water partition coefficient (Wildman–Crippen LogP) is 4.49. The highest BCUT2D eigenvalue weighted by atomic mass is 79.9. The third kappa shape index (κ3) is 4.12. The summed E-state index contributed by atoms with van der Waals surface area (Å²) in [6.45, 7) is 9.78. The molecule has 4 nitrogen and oxygen atoms in total. The summed E-state index contributed by atoms with van der Waals surface area (Å²) in [6.07, 6.45) is 2.14. The molecule has 0 amide bonds. The van der Waals surface area contributed by atoms with Crippen LogP contribution in [0.25, 0.3) is 5.57 Å². The van der Waals surface area contributed by atoms with Crippen molar-refractivity contribution in [1.82, 2.24) is 10.2 Å². The molecule has 0 radical (unpaired) electrons. The molecule has 1 fully saturated rings. The third-order valence-electron chi connectivity index (χ3n) is 5.87. The molecule has 0 aromatic heterocycles. The van der Waals surface area contributed by atoms with Crippen molar-refractivity contribution in [3.8, 4) is 0 Å². The van der Waals surface area contributed by atoms with Crippen molar-refractivity contribution in [3.63, 3.8) is 0 Å². The SMILES string of the molecule is CN1CCN(c2ccc(NC=C3CNC(C)(C)c4ccc(Br)cc43)cc2)CC1. The number of likely N-dealkylation sites (N-methyl/N-ethyl adjacent to an activating group) is 1. The molecular weight excluding hydrogens is 412 g/mol. The summed E-state index contributed by atoms with van der Waals surface area (Å²) in [5.74, 6) is 0. The minimum absolute atomic E-state index is 0.0163. The van der Waals surface area contributed by atoms with Gasteiger partial charge in [-0.2, -0.15) is 0 Å². The molecule has 0 bridgehead atoms. The number of fused-ring (bicyclic) bond motifs is 1. The maximum Gasteiger partial charge on any atom is 0.0386 e. The second kappa shape index (κ2) is 7.90. The normalized spacial score (nSPS) is 20.9. The van der Waals surface area contributed by atoms with Crippen LogP contribution < -0.4 is 15.5 Å². The van der Waals surface area contributed by atoms with Gasteiger partial charge in [-0.25, -0.2) is 0 Å². The average molecular weight is 441 g/mol. The topological polar surface area (TPSA) is 30.5 Å². The number of hydrogen-bond donors (Lipinski definition) is 2. The van der Waals surface area contributed by atoms with Crippen LogP contribution in [0, 0.1) is 0 Å². The Kier molecular flexibility index (Phi) is 5.50. The van der Waals surface area contributed by atoms with Crippen molar-refractivity contribution in [2.45, 2.75) is 19.4 Å². The Morgan fingerprint density at radius 3 is 2.46 bits per heavy atom. The summed E-state index contributed by atoms with van der Waals surface area (Å²) >= 11 is 3.63. The molecule has 0 saturated carbocycles. The number of rotatable bonds is 3. The summed E-state index contributed by atoms with van der Waals surface area (Å²) < 4.78 is 1.12. The minimum atomic E-state index is -0.0163. The van der Waals surface area contributed by atoms with Crippen LogP contribution in [-0.4, -0.2) is 44.7 Å². The number of hydrogen-bond acceptors (Lipinski definition) is 4. The molecule has 0 aliphatic carbocycles.